The molecule has 0 saturated heterocycles. The number of carbonyl (C=O) groups excluding carboxylic acids is 1. The topological polar surface area (TPSA) is 82.3 Å². The van der Waals surface area contributed by atoms with Crippen LogP contribution in [-0.4, -0.2) is 37.1 Å². The number of nitrogens with zero attached hydrogens (tertiary/aromatic N) is 5. The van der Waals surface area contributed by atoms with Gasteiger partial charge in [0.2, 0.25) is 0 Å². The zero-order valence-corrected chi connectivity index (χ0v) is 12.2. The minimum Gasteiger partial charge on any atom is -0.461 e. The average molecular weight is 303 g/mol. The maximum absolute atomic E-state index is 11.8. The molecular formula is C13H13N5O2S. The van der Waals surface area contributed by atoms with E-state index in [1.807, 2.05) is 0 Å². The van der Waals surface area contributed by atoms with Crippen molar-refractivity contribution in [2.75, 3.05) is 6.61 Å². The van der Waals surface area contributed by atoms with Crippen LogP contribution in [0.5, 0.6) is 0 Å². The third kappa shape index (κ3) is 3.05. The van der Waals surface area contributed by atoms with Crippen molar-refractivity contribution in [3.05, 3.63) is 40.4 Å². The molecule has 3 aromatic heterocycles. The van der Waals surface area contributed by atoms with Crippen LogP contribution in [0.2, 0.25) is 0 Å². The van der Waals surface area contributed by atoms with Crippen molar-refractivity contribution in [1.29, 1.82) is 0 Å². The van der Waals surface area contributed by atoms with Gasteiger partial charge in [-0.3, -0.25) is 0 Å². The number of ether oxygens (including phenoxy) is 1. The van der Waals surface area contributed by atoms with E-state index in [0.717, 1.165) is 0 Å². The van der Waals surface area contributed by atoms with Crippen LogP contribution in [0.1, 0.15) is 27.6 Å². The first-order chi connectivity index (χ1) is 10.2. The second-order valence-corrected chi connectivity index (χ2v) is 5.25. The zero-order valence-electron chi connectivity index (χ0n) is 11.4. The molecule has 8 heteroatoms. The smallest absolute Gasteiger partial charge is 0.350 e. The standard InChI is InChI=1S/C13H13N5O2S/c1-9-11(21-8-15-9)12(19)20-7-2-4-10-16-13-14-5-3-6-18(13)17-10/h3,5-6,8H,2,4,7H2,1H3. The Balaban J connectivity index is 1.50. The highest BCUT2D eigenvalue weighted by molar-refractivity contribution is 7.11. The fourth-order valence-corrected chi connectivity index (χ4v) is 2.53. The Morgan fingerprint density at radius 3 is 3.10 bits per heavy atom. The summed E-state index contributed by atoms with van der Waals surface area (Å²) in [5, 5.41) is 4.29. The molecule has 3 aromatic rings. The largest absolute Gasteiger partial charge is 0.461 e. The van der Waals surface area contributed by atoms with Crippen LogP contribution in [0.15, 0.2) is 24.0 Å². The maximum Gasteiger partial charge on any atom is 0.350 e. The number of fused-ring (bicyclic) bond motifs is 1. The lowest BCUT2D eigenvalue weighted by atomic mass is 10.3. The molecule has 0 unspecified atom stereocenters. The van der Waals surface area contributed by atoms with Gasteiger partial charge < -0.3 is 4.74 Å². The Labute approximate surface area is 124 Å². The molecule has 0 radical (unpaired) electrons. The zero-order chi connectivity index (χ0) is 14.7. The van der Waals surface area contributed by atoms with Crippen LogP contribution in [0, 0.1) is 6.92 Å². The molecular weight excluding hydrogens is 290 g/mol. The molecule has 108 valence electrons. The monoisotopic (exact) mass is 303 g/mol. The van der Waals surface area contributed by atoms with Crippen LogP contribution < -0.4 is 0 Å². The first-order valence-corrected chi connectivity index (χ1v) is 7.35. The quantitative estimate of drug-likeness (QED) is 0.527. The number of hydrogen-bond acceptors (Lipinski definition) is 7. The van der Waals surface area contributed by atoms with Crippen molar-refractivity contribution in [3.8, 4) is 0 Å². The first-order valence-electron chi connectivity index (χ1n) is 6.47. The summed E-state index contributed by atoms with van der Waals surface area (Å²) in [4.78, 5) is 24.8. The van der Waals surface area contributed by atoms with Crippen molar-refractivity contribution in [1.82, 2.24) is 24.6 Å². The summed E-state index contributed by atoms with van der Waals surface area (Å²) in [6.45, 7) is 2.12. The molecule has 0 aliphatic heterocycles. The lowest BCUT2D eigenvalue weighted by Crippen LogP contribution is -2.07. The molecule has 0 amide bonds. The second kappa shape index (κ2) is 5.96. The normalized spacial score (nSPS) is 10.9. The van der Waals surface area contributed by atoms with Crippen molar-refractivity contribution in [2.24, 2.45) is 0 Å². The van der Waals surface area contributed by atoms with Gasteiger partial charge in [-0.1, -0.05) is 0 Å². The molecule has 0 saturated carbocycles. The van der Waals surface area contributed by atoms with E-state index in [2.05, 4.69) is 20.1 Å². The van der Waals surface area contributed by atoms with Crippen LogP contribution in [-0.2, 0) is 11.2 Å². The molecule has 0 N–H and O–H groups in total. The minimum absolute atomic E-state index is 0.320. The second-order valence-electron chi connectivity index (χ2n) is 4.40. The molecule has 0 bridgehead atoms. The first kappa shape index (κ1) is 13.6. The lowest BCUT2D eigenvalue weighted by Gasteiger charge is -2.02. The molecule has 0 atom stereocenters. The number of aryl methyl sites for hydroxylation is 2. The van der Waals surface area contributed by atoms with Gasteiger partial charge in [-0.15, -0.1) is 16.4 Å². The highest BCUT2D eigenvalue weighted by atomic mass is 32.1. The summed E-state index contributed by atoms with van der Waals surface area (Å²) in [5.74, 6) is 0.947. The fraction of sp³-hybridized carbons (Fsp3) is 0.308. The van der Waals surface area contributed by atoms with Crippen molar-refractivity contribution < 1.29 is 9.53 Å². The molecule has 3 rings (SSSR count). The third-order valence-electron chi connectivity index (χ3n) is 2.87. The van der Waals surface area contributed by atoms with Gasteiger partial charge in [0.1, 0.15) is 4.88 Å². The van der Waals surface area contributed by atoms with E-state index < -0.39 is 0 Å². The number of esters is 1. The Kier molecular flexibility index (Phi) is 3.87. The van der Waals surface area contributed by atoms with E-state index in [1.54, 1.807) is 35.4 Å². The molecule has 0 aromatic carbocycles. The van der Waals surface area contributed by atoms with Gasteiger partial charge in [-0.25, -0.2) is 19.3 Å². The Morgan fingerprint density at radius 2 is 2.33 bits per heavy atom. The van der Waals surface area contributed by atoms with Crippen molar-refractivity contribution in [3.63, 3.8) is 0 Å². The van der Waals surface area contributed by atoms with E-state index in [0.29, 0.717) is 41.6 Å². The Bertz CT molecular complexity index is 734. The summed E-state index contributed by atoms with van der Waals surface area (Å²) in [5.41, 5.74) is 2.34. The highest BCUT2D eigenvalue weighted by Crippen LogP contribution is 2.13. The van der Waals surface area contributed by atoms with E-state index in [9.17, 15) is 4.79 Å². The predicted molar refractivity (Wildman–Crippen MR) is 76.2 cm³/mol. The average Bonchev–Trinajstić information content (AvgIpc) is 3.08. The van der Waals surface area contributed by atoms with Gasteiger partial charge in [0.15, 0.2) is 5.82 Å². The molecule has 0 aliphatic rings. The summed E-state index contributed by atoms with van der Waals surface area (Å²) in [6.07, 6.45) is 4.77. The Hall–Kier alpha value is -2.35. The number of carbonyl (C=O) groups is 1. The summed E-state index contributed by atoms with van der Waals surface area (Å²) in [6, 6.07) is 1.80. The van der Waals surface area contributed by atoms with Gasteiger partial charge in [0.25, 0.3) is 5.78 Å². The highest BCUT2D eigenvalue weighted by Gasteiger charge is 2.13. The summed E-state index contributed by atoms with van der Waals surface area (Å²) >= 11 is 1.29. The van der Waals surface area contributed by atoms with Crippen LogP contribution in [0.3, 0.4) is 0 Å². The van der Waals surface area contributed by atoms with E-state index in [4.69, 9.17) is 4.74 Å². The predicted octanol–water partition coefficient (Wildman–Crippen LogP) is 1.68. The van der Waals surface area contributed by atoms with Crippen LogP contribution in [0.4, 0.5) is 0 Å². The van der Waals surface area contributed by atoms with Crippen molar-refractivity contribution >= 4 is 23.1 Å². The van der Waals surface area contributed by atoms with E-state index in [-0.39, 0.29) is 5.97 Å². The van der Waals surface area contributed by atoms with Gasteiger partial charge in [0.05, 0.1) is 17.8 Å². The molecule has 21 heavy (non-hydrogen) atoms. The van der Waals surface area contributed by atoms with Gasteiger partial charge in [0, 0.05) is 18.8 Å². The minimum atomic E-state index is -0.320. The SMILES string of the molecule is Cc1ncsc1C(=O)OCCCc1nc2ncccn2n1. The summed E-state index contributed by atoms with van der Waals surface area (Å²) < 4.78 is 6.84. The van der Waals surface area contributed by atoms with Crippen LogP contribution >= 0.6 is 11.3 Å². The lowest BCUT2D eigenvalue weighted by molar-refractivity contribution is 0.0504. The summed E-state index contributed by atoms with van der Waals surface area (Å²) in [7, 11) is 0. The molecule has 7 nitrogen and oxygen atoms in total. The Morgan fingerprint density at radius 1 is 1.43 bits per heavy atom. The maximum atomic E-state index is 11.8. The number of rotatable bonds is 5. The molecule has 0 spiro atoms. The van der Waals surface area contributed by atoms with Gasteiger partial charge >= 0.3 is 5.97 Å². The van der Waals surface area contributed by atoms with Gasteiger partial charge in [-0.05, 0) is 19.4 Å². The fourth-order valence-electron chi connectivity index (χ4n) is 1.84. The molecule has 3 heterocycles. The number of hydrogen-bond donors (Lipinski definition) is 0. The molecule has 0 aliphatic carbocycles. The van der Waals surface area contributed by atoms with E-state index in [1.165, 1.54) is 11.3 Å². The number of aromatic nitrogens is 5. The third-order valence-corrected chi connectivity index (χ3v) is 3.78. The van der Waals surface area contributed by atoms with E-state index >= 15 is 0 Å². The molecule has 0 fully saturated rings. The van der Waals surface area contributed by atoms with Crippen LogP contribution in [0.25, 0.3) is 5.78 Å². The van der Waals surface area contributed by atoms with Crippen molar-refractivity contribution in [2.45, 2.75) is 19.8 Å². The van der Waals surface area contributed by atoms with Gasteiger partial charge in [-0.2, -0.15) is 4.98 Å². The number of thiazole rings is 1.